The van der Waals surface area contributed by atoms with Crippen LogP contribution in [0.5, 0.6) is 5.75 Å². The van der Waals surface area contributed by atoms with Gasteiger partial charge in [0.1, 0.15) is 18.3 Å². The van der Waals surface area contributed by atoms with Gasteiger partial charge in [0.05, 0.1) is 6.61 Å². The molecule has 0 atom stereocenters. The van der Waals surface area contributed by atoms with Gasteiger partial charge in [-0.2, -0.15) is 0 Å². The number of ether oxygens (including phenoxy) is 1. The fraction of sp³-hybridized carbons (Fsp3) is 0.333. The summed E-state index contributed by atoms with van der Waals surface area (Å²) in [6.07, 6.45) is 3.98. The summed E-state index contributed by atoms with van der Waals surface area (Å²) in [5.74, 6) is 0.700. The summed E-state index contributed by atoms with van der Waals surface area (Å²) in [7, 11) is 0. The number of rotatable bonds is 7. The molecule has 0 N–H and O–H groups in total. The van der Waals surface area contributed by atoms with Gasteiger partial charge < -0.3 is 9.53 Å². The van der Waals surface area contributed by atoms with E-state index in [1.165, 1.54) is 0 Å². The first-order valence-corrected chi connectivity index (χ1v) is 4.98. The summed E-state index contributed by atoms with van der Waals surface area (Å²) in [6, 6.07) is 7.02. The maximum atomic E-state index is 10.5. The van der Waals surface area contributed by atoms with E-state index in [0.717, 1.165) is 25.4 Å². The molecule has 0 aliphatic heterocycles. The molecule has 0 aliphatic rings. The molecule has 3 heteroatoms. The summed E-state index contributed by atoms with van der Waals surface area (Å²) in [5.41, 5.74) is 0.611. The summed E-state index contributed by atoms with van der Waals surface area (Å²) in [5, 5.41) is 0. The Morgan fingerprint density at radius 3 is 2.80 bits per heavy atom. The second-order valence-electron chi connectivity index (χ2n) is 3.20. The van der Waals surface area contributed by atoms with Crippen LogP contribution in [0.25, 0.3) is 0 Å². The molecule has 1 aromatic carbocycles. The van der Waals surface area contributed by atoms with Crippen LogP contribution in [0.3, 0.4) is 0 Å². The van der Waals surface area contributed by atoms with Crippen LogP contribution in [0.1, 0.15) is 29.6 Å². The number of aldehydes is 2. The van der Waals surface area contributed by atoms with Crippen molar-refractivity contribution >= 4 is 12.6 Å². The lowest BCUT2D eigenvalue weighted by Gasteiger charge is -2.05. The molecule has 1 aromatic rings. The fourth-order valence-electron chi connectivity index (χ4n) is 1.20. The SMILES string of the molecule is O=CCCCCOc1cccc(C=O)c1. The van der Waals surface area contributed by atoms with Crippen molar-refractivity contribution in [2.45, 2.75) is 19.3 Å². The highest BCUT2D eigenvalue weighted by molar-refractivity contribution is 5.75. The lowest BCUT2D eigenvalue weighted by atomic mass is 10.2. The van der Waals surface area contributed by atoms with Crippen molar-refractivity contribution in [1.29, 1.82) is 0 Å². The predicted octanol–water partition coefficient (Wildman–Crippen LogP) is 2.25. The third-order valence-electron chi connectivity index (χ3n) is 1.98. The lowest BCUT2D eigenvalue weighted by molar-refractivity contribution is -0.107. The quantitative estimate of drug-likeness (QED) is 0.507. The second kappa shape index (κ2) is 6.76. The van der Waals surface area contributed by atoms with Gasteiger partial charge >= 0.3 is 0 Å². The molecule has 0 aliphatic carbocycles. The van der Waals surface area contributed by atoms with E-state index in [4.69, 9.17) is 4.74 Å². The first-order chi connectivity index (χ1) is 7.36. The molecule has 0 saturated heterocycles. The summed E-state index contributed by atoms with van der Waals surface area (Å²) in [4.78, 5) is 20.5. The first kappa shape index (κ1) is 11.4. The maximum Gasteiger partial charge on any atom is 0.150 e. The molecule has 0 unspecified atom stereocenters. The van der Waals surface area contributed by atoms with Gasteiger partial charge in [0.25, 0.3) is 0 Å². The minimum atomic E-state index is 0.580. The van der Waals surface area contributed by atoms with Crippen LogP contribution in [-0.4, -0.2) is 19.2 Å². The van der Waals surface area contributed by atoms with Gasteiger partial charge in [0.15, 0.2) is 0 Å². The Labute approximate surface area is 89.1 Å². The Bertz CT molecular complexity index is 320. The van der Waals surface area contributed by atoms with Crippen molar-refractivity contribution < 1.29 is 14.3 Å². The number of unbranched alkanes of at least 4 members (excludes halogenated alkanes) is 2. The topological polar surface area (TPSA) is 43.4 Å². The van der Waals surface area contributed by atoms with Gasteiger partial charge in [-0.1, -0.05) is 12.1 Å². The average Bonchev–Trinajstić information content (AvgIpc) is 2.29. The van der Waals surface area contributed by atoms with Crippen LogP contribution in [0, 0.1) is 0 Å². The third-order valence-corrected chi connectivity index (χ3v) is 1.98. The van der Waals surface area contributed by atoms with Crippen LogP contribution < -0.4 is 4.74 Å². The molecule has 0 heterocycles. The molecule has 80 valence electrons. The standard InChI is InChI=1S/C12H14O3/c13-7-2-1-3-8-15-12-6-4-5-11(9-12)10-14/h4-7,9-10H,1-3,8H2. The summed E-state index contributed by atoms with van der Waals surface area (Å²) in [6.45, 7) is 0.580. The Hall–Kier alpha value is -1.64. The molecule has 1 rings (SSSR count). The number of benzene rings is 1. The van der Waals surface area contributed by atoms with Crippen molar-refractivity contribution in [3.05, 3.63) is 29.8 Å². The van der Waals surface area contributed by atoms with Crippen molar-refractivity contribution in [2.24, 2.45) is 0 Å². The molecular formula is C12H14O3. The Balaban J connectivity index is 2.30. The van der Waals surface area contributed by atoms with Crippen LogP contribution in [-0.2, 0) is 4.79 Å². The van der Waals surface area contributed by atoms with E-state index in [1.807, 2.05) is 6.07 Å². The highest BCUT2D eigenvalue weighted by Crippen LogP contribution is 2.12. The van der Waals surface area contributed by atoms with E-state index < -0.39 is 0 Å². The Kier molecular flexibility index (Phi) is 5.15. The molecule has 15 heavy (non-hydrogen) atoms. The zero-order valence-corrected chi connectivity index (χ0v) is 8.52. The van der Waals surface area contributed by atoms with E-state index in [1.54, 1.807) is 18.2 Å². The van der Waals surface area contributed by atoms with E-state index in [0.29, 0.717) is 24.3 Å². The van der Waals surface area contributed by atoms with Gasteiger partial charge in [-0.15, -0.1) is 0 Å². The zero-order valence-electron chi connectivity index (χ0n) is 8.52. The third kappa shape index (κ3) is 4.40. The largest absolute Gasteiger partial charge is 0.494 e. The van der Waals surface area contributed by atoms with Gasteiger partial charge in [-0.05, 0) is 25.0 Å². The normalized spacial score (nSPS) is 9.60. The van der Waals surface area contributed by atoms with Crippen molar-refractivity contribution in [2.75, 3.05) is 6.61 Å². The number of carbonyl (C=O) groups excluding carboxylic acids is 2. The molecule has 0 spiro atoms. The monoisotopic (exact) mass is 206 g/mol. The first-order valence-electron chi connectivity index (χ1n) is 4.98. The molecular weight excluding hydrogens is 192 g/mol. The second-order valence-corrected chi connectivity index (χ2v) is 3.20. The molecule has 0 bridgehead atoms. The summed E-state index contributed by atoms with van der Waals surface area (Å²) >= 11 is 0. The number of carbonyl (C=O) groups is 2. The van der Waals surface area contributed by atoms with Crippen molar-refractivity contribution in [1.82, 2.24) is 0 Å². The van der Waals surface area contributed by atoms with Crippen LogP contribution in [0.2, 0.25) is 0 Å². The molecule has 0 radical (unpaired) electrons. The minimum Gasteiger partial charge on any atom is -0.494 e. The predicted molar refractivity (Wildman–Crippen MR) is 57.2 cm³/mol. The van der Waals surface area contributed by atoms with Gasteiger partial charge in [0, 0.05) is 12.0 Å². The van der Waals surface area contributed by atoms with E-state index >= 15 is 0 Å². The zero-order chi connectivity index (χ0) is 10.9. The molecule has 0 amide bonds. The maximum absolute atomic E-state index is 10.5. The van der Waals surface area contributed by atoms with Gasteiger partial charge in [0.2, 0.25) is 0 Å². The van der Waals surface area contributed by atoms with Crippen molar-refractivity contribution in [3.8, 4) is 5.75 Å². The number of hydrogen-bond donors (Lipinski definition) is 0. The number of hydrogen-bond acceptors (Lipinski definition) is 3. The highest BCUT2D eigenvalue weighted by Gasteiger charge is 1.95. The van der Waals surface area contributed by atoms with Crippen LogP contribution >= 0.6 is 0 Å². The van der Waals surface area contributed by atoms with Crippen LogP contribution in [0.4, 0.5) is 0 Å². The van der Waals surface area contributed by atoms with E-state index in [9.17, 15) is 9.59 Å². The Morgan fingerprint density at radius 2 is 2.07 bits per heavy atom. The molecule has 0 saturated carbocycles. The molecule has 0 aromatic heterocycles. The molecule has 3 nitrogen and oxygen atoms in total. The molecule has 0 fully saturated rings. The van der Waals surface area contributed by atoms with Crippen molar-refractivity contribution in [3.63, 3.8) is 0 Å². The highest BCUT2D eigenvalue weighted by atomic mass is 16.5. The summed E-state index contributed by atoms with van der Waals surface area (Å²) < 4.78 is 5.42. The fourth-order valence-corrected chi connectivity index (χ4v) is 1.20. The smallest absolute Gasteiger partial charge is 0.150 e. The van der Waals surface area contributed by atoms with E-state index in [-0.39, 0.29) is 0 Å². The van der Waals surface area contributed by atoms with Gasteiger partial charge in [-0.25, -0.2) is 0 Å². The lowest BCUT2D eigenvalue weighted by Crippen LogP contribution is -1.97. The van der Waals surface area contributed by atoms with E-state index in [2.05, 4.69) is 0 Å². The van der Waals surface area contributed by atoms with Gasteiger partial charge in [-0.3, -0.25) is 4.79 Å². The minimum absolute atomic E-state index is 0.580. The average molecular weight is 206 g/mol. The van der Waals surface area contributed by atoms with Crippen LogP contribution in [0.15, 0.2) is 24.3 Å². The Morgan fingerprint density at radius 1 is 1.20 bits per heavy atom.